The van der Waals surface area contributed by atoms with E-state index < -0.39 is 25.7 Å². The number of aryl methyl sites for hydroxylation is 1. The first-order chi connectivity index (χ1) is 10.5. The molecule has 0 aromatic heterocycles. The third-order valence-electron chi connectivity index (χ3n) is 3.66. The Morgan fingerprint density at radius 1 is 1.05 bits per heavy atom. The second kappa shape index (κ2) is 9.76. The number of rotatable bonds is 10. The molecule has 0 saturated heterocycles. The van der Waals surface area contributed by atoms with E-state index in [9.17, 15) is 15.3 Å². The average molecular weight is 313 g/mol. The van der Waals surface area contributed by atoms with E-state index in [1.807, 2.05) is 12.1 Å². The van der Waals surface area contributed by atoms with Gasteiger partial charge >= 0.3 is 0 Å². The molecule has 6 heteroatoms. The summed E-state index contributed by atoms with van der Waals surface area (Å²) in [6.07, 6.45) is 1.59. The third kappa shape index (κ3) is 5.55. The van der Waals surface area contributed by atoms with Gasteiger partial charge in [-0.2, -0.15) is 0 Å². The highest BCUT2D eigenvalue weighted by molar-refractivity contribution is 5.36. The predicted molar refractivity (Wildman–Crippen MR) is 83.1 cm³/mol. The summed E-state index contributed by atoms with van der Waals surface area (Å²) in [5.41, 5.74) is 1.60. The average Bonchev–Trinajstić information content (AvgIpc) is 2.53. The van der Waals surface area contributed by atoms with Crippen molar-refractivity contribution in [2.24, 2.45) is 0 Å². The molecule has 0 bridgehead atoms. The molecule has 2 atom stereocenters. The molecule has 0 saturated carbocycles. The molecule has 0 heterocycles. The smallest absolute Gasteiger partial charge is 0.133 e. The van der Waals surface area contributed by atoms with Crippen LogP contribution in [0.5, 0.6) is 5.75 Å². The maximum Gasteiger partial charge on any atom is 0.133 e. The number of hydrogen-bond donors (Lipinski definition) is 5. The number of aliphatic hydroxyl groups excluding tert-OH is 4. The molecule has 0 radical (unpaired) electrons. The van der Waals surface area contributed by atoms with E-state index in [1.54, 1.807) is 6.07 Å². The largest absolute Gasteiger partial charge is 0.508 e. The Balaban J connectivity index is 2.86. The van der Waals surface area contributed by atoms with Crippen LogP contribution in [0.4, 0.5) is 0 Å². The zero-order chi connectivity index (χ0) is 16.5. The summed E-state index contributed by atoms with van der Waals surface area (Å²) in [4.78, 5) is 1.13. The van der Waals surface area contributed by atoms with Gasteiger partial charge in [-0.25, -0.2) is 4.90 Å². The first kappa shape index (κ1) is 18.9. The van der Waals surface area contributed by atoms with Crippen LogP contribution >= 0.6 is 0 Å². The number of nitrogens with zero attached hydrogens (tertiary/aromatic N) is 1. The highest BCUT2D eigenvalue weighted by atomic mass is 16.4. The van der Waals surface area contributed by atoms with Crippen molar-refractivity contribution < 1.29 is 25.5 Å². The lowest BCUT2D eigenvalue weighted by Gasteiger charge is -2.30. The molecule has 0 spiro atoms. The van der Waals surface area contributed by atoms with Gasteiger partial charge in [-0.1, -0.05) is 31.9 Å². The van der Waals surface area contributed by atoms with Gasteiger partial charge in [-0.15, -0.1) is 0 Å². The first-order valence-corrected chi connectivity index (χ1v) is 7.67. The highest BCUT2D eigenvalue weighted by Gasteiger charge is 2.23. The van der Waals surface area contributed by atoms with Crippen molar-refractivity contribution in [3.8, 4) is 5.75 Å². The summed E-state index contributed by atoms with van der Waals surface area (Å²) >= 11 is 0. The Morgan fingerprint density at radius 2 is 1.68 bits per heavy atom. The Hall–Kier alpha value is -1.18. The molecule has 5 N–H and O–H groups in total. The van der Waals surface area contributed by atoms with E-state index in [2.05, 4.69) is 6.92 Å². The third-order valence-corrected chi connectivity index (χ3v) is 3.66. The van der Waals surface area contributed by atoms with Gasteiger partial charge in [0.15, 0.2) is 0 Å². The highest BCUT2D eigenvalue weighted by Crippen LogP contribution is 2.23. The van der Waals surface area contributed by atoms with Crippen LogP contribution in [0.15, 0.2) is 18.2 Å². The Morgan fingerprint density at radius 3 is 2.23 bits per heavy atom. The lowest BCUT2D eigenvalue weighted by Crippen LogP contribution is -2.46. The van der Waals surface area contributed by atoms with Crippen LogP contribution in [0.25, 0.3) is 0 Å². The summed E-state index contributed by atoms with van der Waals surface area (Å²) in [6.45, 7) is 1.01. The summed E-state index contributed by atoms with van der Waals surface area (Å²) in [5, 5.41) is 47.5. The molecular weight excluding hydrogens is 286 g/mol. The summed E-state index contributed by atoms with van der Waals surface area (Å²) in [7, 11) is 0. The fraction of sp³-hybridized carbons (Fsp3) is 0.625. The second-order valence-electron chi connectivity index (χ2n) is 5.42. The summed E-state index contributed by atoms with van der Waals surface area (Å²) in [6, 6.07) is 5.27. The van der Waals surface area contributed by atoms with Crippen molar-refractivity contribution in [1.29, 1.82) is 0 Å². The number of aromatic hydroxyl groups is 1. The van der Waals surface area contributed by atoms with Crippen LogP contribution in [-0.4, -0.2) is 56.1 Å². The van der Waals surface area contributed by atoms with E-state index >= 15 is 0 Å². The molecule has 1 aromatic carbocycles. The van der Waals surface area contributed by atoms with Gasteiger partial charge in [0, 0.05) is 12.1 Å². The molecule has 1 rings (SSSR count). The van der Waals surface area contributed by atoms with Crippen LogP contribution in [-0.2, 0) is 13.0 Å². The molecule has 1 aromatic rings. The second-order valence-corrected chi connectivity index (χ2v) is 5.42. The van der Waals surface area contributed by atoms with Gasteiger partial charge in [0.2, 0.25) is 0 Å². The number of unbranched alkanes of at least 4 members (excludes halogenated alkanes) is 2. The van der Waals surface area contributed by atoms with Crippen molar-refractivity contribution in [2.45, 2.75) is 51.6 Å². The van der Waals surface area contributed by atoms with E-state index in [-0.39, 0.29) is 12.3 Å². The zero-order valence-corrected chi connectivity index (χ0v) is 13.0. The van der Waals surface area contributed by atoms with Gasteiger partial charge in [-0.05, 0) is 24.5 Å². The Kier molecular flexibility index (Phi) is 8.37. The van der Waals surface area contributed by atoms with Gasteiger partial charge in [0.25, 0.3) is 0 Å². The first-order valence-electron chi connectivity index (χ1n) is 7.67. The molecule has 0 aliphatic carbocycles. The van der Waals surface area contributed by atoms with E-state index in [0.29, 0.717) is 5.56 Å². The van der Waals surface area contributed by atoms with Crippen LogP contribution in [0.2, 0.25) is 0 Å². The van der Waals surface area contributed by atoms with Crippen LogP contribution < -0.4 is 0 Å². The zero-order valence-electron chi connectivity index (χ0n) is 13.0. The molecule has 0 aliphatic rings. The monoisotopic (exact) mass is 313 g/mol. The normalized spacial score (nSPS) is 14.3. The van der Waals surface area contributed by atoms with Gasteiger partial charge in [0.05, 0.1) is 13.2 Å². The maximum absolute atomic E-state index is 9.95. The topological polar surface area (TPSA) is 104 Å². The quantitative estimate of drug-likeness (QED) is 0.319. The van der Waals surface area contributed by atoms with Crippen molar-refractivity contribution in [2.75, 3.05) is 13.2 Å². The van der Waals surface area contributed by atoms with Crippen molar-refractivity contribution in [1.82, 2.24) is 4.90 Å². The molecule has 6 nitrogen and oxygen atoms in total. The number of phenols is 1. The number of hydrogen-bond acceptors (Lipinski definition) is 6. The SMILES string of the molecule is CCCCCc1ccc(O)c(CN(C(O)CO)C(O)CO)c1. The van der Waals surface area contributed by atoms with Gasteiger partial charge < -0.3 is 25.5 Å². The Labute approximate surface area is 131 Å². The molecule has 0 aliphatic heterocycles. The molecule has 126 valence electrons. The lowest BCUT2D eigenvalue weighted by molar-refractivity contribution is -0.138. The number of aliphatic hydroxyl groups is 4. The van der Waals surface area contributed by atoms with E-state index in [0.717, 1.165) is 36.1 Å². The Bertz CT molecular complexity index is 431. The van der Waals surface area contributed by atoms with E-state index in [1.165, 1.54) is 0 Å². The standard InChI is InChI=1S/C16H27NO5/c1-2-3-4-5-12-6-7-14(20)13(8-12)9-17(15(21)10-18)16(22)11-19/h6-8,15-16,18-22H,2-5,9-11H2,1H3. The molecular formula is C16H27NO5. The maximum atomic E-state index is 9.95. The number of phenolic OH excluding ortho intramolecular Hbond substituents is 1. The fourth-order valence-electron chi connectivity index (χ4n) is 2.32. The minimum atomic E-state index is -1.31. The van der Waals surface area contributed by atoms with Crippen molar-refractivity contribution in [3.63, 3.8) is 0 Å². The van der Waals surface area contributed by atoms with Gasteiger partial charge in [-0.3, -0.25) is 0 Å². The lowest BCUT2D eigenvalue weighted by atomic mass is 10.0. The van der Waals surface area contributed by atoms with Crippen molar-refractivity contribution in [3.05, 3.63) is 29.3 Å². The molecule has 22 heavy (non-hydrogen) atoms. The van der Waals surface area contributed by atoms with Crippen molar-refractivity contribution >= 4 is 0 Å². The van der Waals surface area contributed by atoms with Crippen LogP contribution in [0.3, 0.4) is 0 Å². The minimum absolute atomic E-state index is 0.0247. The summed E-state index contributed by atoms with van der Waals surface area (Å²) in [5.74, 6) is 0.0551. The van der Waals surface area contributed by atoms with Gasteiger partial charge in [0.1, 0.15) is 18.2 Å². The fourth-order valence-corrected chi connectivity index (χ4v) is 2.32. The molecule has 2 unspecified atom stereocenters. The molecule has 0 fully saturated rings. The minimum Gasteiger partial charge on any atom is -0.508 e. The number of benzene rings is 1. The van der Waals surface area contributed by atoms with Crippen LogP contribution in [0, 0.1) is 0 Å². The molecule has 0 amide bonds. The van der Waals surface area contributed by atoms with E-state index in [4.69, 9.17) is 10.2 Å². The predicted octanol–water partition coefficient (Wildman–Crippen LogP) is 0.548. The van der Waals surface area contributed by atoms with Crippen LogP contribution in [0.1, 0.15) is 37.3 Å². The summed E-state index contributed by atoms with van der Waals surface area (Å²) < 4.78 is 0.